The van der Waals surface area contributed by atoms with Gasteiger partial charge in [-0.3, -0.25) is 0 Å². The number of rotatable bonds is 5. The topological polar surface area (TPSA) is 38.7 Å². The highest BCUT2D eigenvalue weighted by Crippen LogP contribution is 2.36. The van der Waals surface area contributed by atoms with E-state index in [0.29, 0.717) is 35.1 Å². The molecule has 3 nitrogen and oxygen atoms in total. The number of benzene rings is 1. The summed E-state index contributed by atoms with van der Waals surface area (Å²) < 4.78 is 10.5. The lowest BCUT2D eigenvalue weighted by molar-refractivity contribution is 0.278. The minimum Gasteiger partial charge on any atom is -0.493 e. The Morgan fingerprint density at radius 1 is 1.50 bits per heavy atom. The minimum atomic E-state index is -0.0965. The van der Waals surface area contributed by atoms with Gasteiger partial charge in [0, 0.05) is 6.42 Å². The summed E-state index contributed by atoms with van der Waals surface area (Å²) in [5, 5.41) is 9.41. The summed E-state index contributed by atoms with van der Waals surface area (Å²) in [6.07, 6.45) is 5.62. The lowest BCUT2D eigenvalue weighted by atomic mass is 10.2. The average molecular weight is 241 g/mol. The number of terminal acetylenes is 1. The molecule has 1 aromatic rings. The zero-order valence-corrected chi connectivity index (χ0v) is 9.75. The molecule has 0 aliphatic heterocycles. The molecule has 0 atom stereocenters. The number of aliphatic hydroxyl groups is 1. The number of hydrogen-bond donors (Lipinski definition) is 1. The molecule has 1 N–H and O–H groups in total. The van der Waals surface area contributed by atoms with Gasteiger partial charge in [0.25, 0.3) is 0 Å². The van der Waals surface area contributed by atoms with Crippen molar-refractivity contribution in [2.24, 2.45) is 0 Å². The van der Waals surface area contributed by atoms with E-state index in [1.165, 1.54) is 7.11 Å². The molecule has 0 spiro atoms. The molecule has 0 saturated carbocycles. The predicted molar refractivity (Wildman–Crippen MR) is 62.9 cm³/mol. The van der Waals surface area contributed by atoms with E-state index < -0.39 is 0 Å². The van der Waals surface area contributed by atoms with E-state index >= 15 is 0 Å². The SMILES string of the molecule is C#CCCOc1c(Cl)cc(CO)cc1OC. The van der Waals surface area contributed by atoms with Crippen molar-refractivity contribution in [1.82, 2.24) is 0 Å². The van der Waals surface area contributed by atoms with E-state index in [9.17, 15) is 0 Å². The Kier molecular flexibility index (Phi) is 4.97. The number of ether oxygens (including phenoxy) is 2. The summed E-state index contributed by atoms with van der Waals surface area (Å²) in [6, 6.07) is 3.31. The van der Waals surface area contributed by atoms with Crippen molar-refractivity contribution >= 4 is 11.6 Å². The van der Waals surface area contributed by atoms with Gasteiger partial charge >= 0.3 is 0 Å². The van der Waals surface area contributed by atoms with Crippen LogP contribution >= 0.6 is 11.6 Å². The van der Waals surface area contributed by atoms with E-state index in [1.54, 1.807) is 12.1 Å². The zero-order valence-electron chi connectivity index (χ0n) is 9.00. The molecule has 0 radical (unpaired) electrons. The zero-order chi connectivity index (χ0) is 12.0. The first-order valence-electron chi connectivity index (χ1n) is 4.76. The van der Waals surface area contributed by atoms with Crippen molar-refractivity contribution in [3.05, 3.63) is 22.7 Å². The number of methoxy groups -OCH3 is 1. The first-order valence-corrected chi connectivity index (χ1v) is 5.14. The van der Waals surface area contributed by atoms with Crippen LogP contribution in [-0.2, 0) is 6.61 Å². The van der Waals surface area contributed by atoms with Crippen LogP contribution in [0.5, 0.6) is 11.5 Å². The fourth-order valence-corrected chi connectivity index (χ4v) is 1.50. The van der Waals surface area contributed by atoms with E-state index in [1.807, 2.05) is 0 Å². The maximum atomic E-state index is 9.01. The monoisotopic (exact) mass is 240 g/mol. The maximum absolute atomic E-state index is 9.01. The fraction of sp³-hybridized carbons (Fsp3) is 0.333. The lowest BCUT2D eigenvalue weighted by Gasteiger charge is -2.12. The van der Waals surface area contributed by atoms with Gasteiger partial charge in [0.2, 0.25) is 0 Å². The second-order valence-electron chi connectivity index (χ2n) is 3.07. The van der Waals surface area contributed by atoms with Crippen LogP contribution in [0.15, 0.2) is 12.1 Å². The fourth-order valence-electron chi connectivity index (χ4n) is 1.22. The summed E-state index contributed by atoms with van der Waals surface area (Å²) >= 11 is 6.00. The molecule has 0 heterocycles. The van der Waals surface area contributed by atoms with Crippen LogP contribution in [-0.4, -0.2) is 18.8 Å². The third kappa shape index (κ3) is 3.06. The Morgan fingerprint density at radius 3 is 2.81 bits per heavy atom. The molecule has 16 heavy (non-hydrogen) atoms. The van der Waals surface area contributed by atoms with Gasteiger partial charge in [-0.1, -0.05) is 11.6 Å². The molecule has 0 amide bonds. The first-order chi connectivity index (χ1) is 7.72. The van der Waals surface area contributed by atoms with Crippen LogP contribution in [0, 0.1) is 12.3 Å². The predicted octanol–water partition coefficient (Wildman–Crippen LogP) is 2.24. The van der Waals surface area contributed by atoms with Gasteiger partial charge in [-0.25, -0.2) is 0 Å². The molecular weight excluding hydrogens is 228 g/mol. The summed E-state index contributed by atoms with van der Waals surface area (Å²) in [7, 11) is 1.51. The number of hydrogen-bond acceptors (Lipinski definition) is 3. The molecule has 4 heteroatoms. The molecule has 0 fully saturated rings. The lowest BCUT2D eigenvalue weighted by Crippen LogP contribution is -2.00. The Morgan fingerprint density at radius 2 is 2.25 bits per heavy atom. The van der Waals surface area contributed by atoms with Crippen LogP contribution in [0.25, 0.3) is 0 Å². The second kappa shape index (κ2) is 6.26. The Bertz CT molecular complexity index is 396. The molecule has 0 saturated heterocycles. The normalized spacial score (nSPS) is 9.62. The van der Waals surface area contributed by atoms with Crippen molar-refractivity contribution in [2.45, 2.75) is 13.0 Å². The number of aliphatic hydroxyl groups excluding tert-OH is 1. The Balaban J connectivity index is 2.93. The minimum absolute atomic E-state index is 0.0965. The van der Waals surface area contributed by atoms with E-state index in [0.717, 1.165) is 0 Å². The third-order valence-electron chi connectivity index (χ3n) is 1.96. The quantitative estimate of drug-likeness (QED) is 0.634. The first kappa shape index (κ1) is 12.7. The maximum Gasteiger partial charge on any atom is 0.179 e. The number of halogens is 1. The highest BCUT2D eigenvalue weighted by Gasteiger charge is 2.11. The smallest absolute Gasteiger partial charge is 0.179 e. The average Bonchev–Trinajstić information content (AvgIpc) is 2.30. The molecule has 0 aliphatic carbocycles. The van der Waals surface area contributed by atoms with Gasteiger partial charge in [0.05, 0.1) is 25.3 Å². The highest BCUT2D eigenvalue weighted by molar-refractivity contribution is 6.32. The van der Waals surface area contributed by atoms with Crippen molar-refractivity contribution in [3.63, 3.8) is 0 Å². The van der Waals surface area contributed by atoms with Gasteiger partial charge in [-0.05, 0) is 17.7 Å². The van der Waals surface area contributed by atoms with Crippen LogP contribution in [0.1, 0.15) is 12.0 Å². The third-order valence-corrected chi connectivity index (χ3v) is 2.25. The summed E-state index contributed by atoms with van der Waals surface area (Å²) in [4.78, 5) is 0. The van der Waals surface area contributed by atoms with Gasteiger partial charge in [0.15, 0.2) is 11.5 Å². The molecule has 86 valence electrons. The van der Waals surface area contributed by atoms with Gasteiger partial charge in [0.1, 0.15) is 0 Å². The van der Waals surface area contributed by atoms with Crippen molar-refractivity contribution in [3.8, 4) is 23.8 Å². The van der Waals surface area contributed by atoms with E-state index in [-0.39, 0.29) is 6.61 Å². The van der Waals surface area contributed by atoms with Crippen LogP contribution in [0.4, 0.5) is 0 Å². The standard InChI is InChI=1S/C12H13ClO3/c1-3-4-5-16-12-10(13)6-9(8-14)7-11(12)15-2/h1,6-7,14H,4-5,8H2,2H3. The molecule has 0 aliphatic rings. The van der Waals surface area contributed by atoms with Gasteiger partial charge in [-0.2, -0.15) is 0 Å². The summed E-state index contributed by atoms with van der Waals surface area (Å²) in [6.45, 7) is 0.283. The van der Waals surface area contributed by atoms with E-state index in [4.69, 9.17) is 32.6 Å². The van der Waals surface area contributed by atoms with Crippen LogP contribution in [0.3, 0.4) is 0 Å². The van der Waals surface area contributed by atoms with E-state index in [2.05, 4.69) is 5.92 Å². The Hall–Kier alpha value is -1.37. The molecule has 1 aromatic carbocycles. The second-order valence-corrected chi connectivity index (χ2v) is 3.48. The van der Waals surface area contributed by atoms with Gasteiger partial charge < -0.3 is 14.6 Å². The molecule has 0 aromatic heterocycles. The summed E-state index contributed by atoms with van der Waals surface area (Å²) in [5.74, 6) is 3.42. The molecule has 0 unspecified atom stereocenters. The van der Waals surface area contributed by atoms with Crippen LogP contribution < -0.4 is 9.47 Å². The van der Waals surface area contributed by atoms with Gasteiger partial charge in [-0.15, -0.1) is 12.3 Å². The van der Waals surface area contributed by atoms with Crippen molar-refractivity contribution in [2.75, 3.05) is 13.7 Å². The molecular formula is C12H13ClO3. The molecule has 0 bridgehead atoms. The van der Waals surface area contributed by atoms with Crippen LogP contribution in [0.2, 0.25) is 5.02 Å². The van der Waals surface area contributed by atoms with Crippen molar-refractivity contribution in [1.29, 1.82) is 0 Å². The van der Waals surface area contributed by atoms with Crippen molar-refractivity contribution < 1.29 is 14.6 Å². The molecule has 1 rings (SSSR count). The Labute approximate surface area is 99.9 Å². The highest BCUT2D eigenvalue weighted by atomic mass is 35.5. The largest absolute Gasteiger partial charge is 0.493 e. The summed E-state index contributed by atoms with van der Waals surface area (Å²) in [5.41, 5.74) is 0.672.